The van der Waals surface area contributed by atoms with Crippen LogP contribution in [-0.2, 0) is 4.74 Å². The molecule has 4 heteroatoms. The SMILES string of the molecule is COC1CC(n2c(C(C)Cl)nc3cc(C)ccc32)C1. The molecule has 0 saturated heterocycles. The van der Waals surface area contributed by atoms with Crippen LogP contribution >= 0.6 is 11.6 Å². The number of ether oxygens (including phenoxy) is 1. The maximum absolute atomic E-state index is 6.30. The van der Waals surface area contributed by atoms with Gasteiger partial charge in [0.25, 0.3) is 0 Å². The zero-order valence-electron chi connectivity index (χ0n) is 11.6. The van der Waals surface area contributed by atoms with E-state index in [0.717, 1.165) is 24.2 Å². The van der Waals surface area contributed by atoms with Crippen molar-refractivity contribution in [3.05, 3.63) is 29.6 Å². The smallest absolute Gasteiger partial charge is 0.127 e. The summed E-state index contributed by atoms with van der Waals surface area (Å²) in [5.74, 6) is 0.974. The Morgan fingerprint density at radius 2 is 2.16 bits per heavy atom. The predicted molar refractivity (Wildman–Crippen MR) is 77.8 cm³/mol. The van der Waals surface area contributed by atoms with Gasteiger partial charge >= 0.3 is 0 Å². The van der Waals surface area contributed by atoms with Crippen LogP contribution in [0.3, 0.4) is 0 Å². The van der Waals surface area contributed by atoms with Crippen molar-refractivity contribution in [2.24, 2.45) is 0 Å². The van der Waals surface area contributed by atoms with Crippen LogP contribution in [0.1, 0.15) is 42.6 Å². The highest BCUT2D eigenvalue weighted by Crippen LogP contribution is 2.39. The molecule has 1 aromatic carbocycles. The van der Waals surface area contributed by atoms with Crippen molar-refractivity contribution in [1.29, 1.82) is 0 Å². The van der Waals surface area contributed by atoms with E-state index in [1.54, 1.807) is 7.11 Å². The Hall–Kier alpha value is -1.06. The fourth-order valence-corrected chi connectivity index (χ4v) is 2.99. The van der Waals surface area contributed by atoms with Crippen LogP contribution in [0, 0.1) is 6.92 Å². The molecule has 1 aromatic heterocycles. The summed E-state index contributed by atoms with van der Waals surface area (Å²) >= 11 is 6.30. The molecule has 1 atom stereocenters. The van der Waals surface area contributed by atoms with E-state index in [1.807, 2.05) is 6.92 Å². The van der Waals surface area contributed by atoms with Crippen LogP contribution in [-0.4, -0.2) is 22.8 Å². The molecular formula is C15H19ClN2O. The molecule has 3 nitrogen and oxygen atoms in total. The minimum Gasteiger partial charge on any atom is -0.381 e. The van der Waals surface area contributed by atoms with Crippen LogP contribution in [0.15, 0.2) is 18.2 Å². The van der Waals surface area contributed by atoms with Gasteiger partial charge < -0.3 is 9.30 Å². The molecule has 0 N–H and O–H groups in total. The second-order valence-electron chi connectivity index (χ2n) is 5.43. The largest absolute Gasteiger partial charge is 0.381 e. The number of methoxy groups -OCH3 is 1. The van der Waals surface area contributed by atoms with Crippen molar-refractivity contribution in [3.8, 4) is 0 Å². The lowest BCUT2D eigenvalue weighted by Gasteiger charge is -2.36. The van der Waals surface area contributed by atoms with Gasteiger partial charge in [-0.2, -0.15) is 0 Å². The minimum atomic E-state index is -0.0747. The fourth-order valence-electron chi connectivity index (χ4n) is 2.83. The standard InChI is InChI=1S/C15H19ClN2O/c1-9-4-5-14-13(6-9)17-15(10(2)16)18(14)11-7-12(8-11)19-3/h4-6,10-12H,7-8H2,1-3H3. The topological polar surface area (TPSA) is 27.1 Å². The molecule has 0 radical (unpaired) electrons. The van der Waals surface area contributed by atoms with Gasteiger partial charge in [0, 0.05) is 13.2 Å². The van der Waals surface area contributed by atoms with Gasteiger partial charge in [-0.05, 0) is 44.4 Å². The molecule has 1 saturated carbocycles. The highest BCUT2D eigenvalue weighted by Gasteiger charge is 2.33. The molecule has 0 bridgehead atoms. The molecule has 1 fully saturated rings. The van der Waals surface area contributed by atoms with E-state index < -0.39 is 0 Å². The van der Waals surface area contributed by atoms with Crippen molar-refractivity contribution in [3.63, 3.8) is 0 Å². The Bertz CT molecular complexity index is 599. The molecule has 0 amide bonds. The molecular weight excluding hydrogens is 260 g/mol. The zero-order chi connectivity index (χ0) is 13.6. The Labute approximate surface area is 118 Å². The maximum Gasteiger partial charge on any atom is 0.127 e. The van der Waals surface area contributed by atoms with E-state index in [4.69, 9.17) is 21.3 Å². The lowest BCUT2D eigenvalue weighted by molar-refractivity contribution is 0.00658. The van der Waals surface area contributed by atoms with Crippen molar-refractivity contribution >= 4 is 22.6 Å². The third-order valence-electron chi connectivity index (χ3n) is 4.00. The predicted octanol–water partition coefficient (Wildman–Crippen LogP) is 3.99. The van der Waals surface area contributed by atoms with E-state index >= 15 is 0 Å². The minimum absolute atomic E-state index is 0.0747. The highest BCUT2D eigenvalue weighted by atomic mass is 35.5. The number of rotatable bonds is 3. The lowest BCUT2D eigenvalue weighted by Crippen LogP contribution is -2.33. The molecule has 1 unspecified atom stereocenters. The van der Waals surface area contributed by atoms with Gasteiger partial charge in [-0.1, -0.05) is 6.07 Å². The first kappa shape index (κ1) is 12.9. The number of benzene rings is 1. The Morgan fingerprint density at radius 3 is 2.79 bits per heavy atom. The van der Waals surface area contributed by atoms with Gasteiger partial charge in [-0.3, -0.25) is 0 Å². The van der Waals surface area contributed by atoms with Crippen LogP contribution in [0.5, 0.6) is 0 Å². The number of imidazole rings is 1. The quantitative estimate of drug-likeness (QED) is 0.794. The van der Waals surface area contributed by atoms with Crippen LogP contribution in [0.4, 0.5) is 0 Å². The molecule has 102 valence electrons. The van der Waals surface area contributed by atoms with Crippen molar-refractivity contribution in [2.45, 2.75) is 44.2 Å². The van der Waals surface area contributed by atoms with Gasteiger partial charge in [0.1, 0.15) is 5.82 Å². The van der Waals surface area contributed by atoms with Crippen LogP contribution < -0.4 is 0 Å². The average Bonchev–Trinajstić information content (AvgIpc) is 2.66. The van der Waals surface area contributed by atoms with Gasteiger partial charge in [0.15, 0.2) is 0 Å². The average molecular weight is 279 g/mol. The van der Waals surface area contributed by atoms with E-state index in [2.05, 4.69) is 29.7 Å². The van der Waals surface area contributed by atoms with Crippen LogP contribution in [0.2, 0.25) is 0 Å². The molecule has 19 heavy (non-hydrogen) atoms. The number of hydrogen-bond donors (Lipinski definition) is 0. The molecule has 1 aliphatic rings. The number of nitrogens with zero attached hydrogens (tertiary/aromatic N) is 2. The van der Waals surface area contributed by atoms with E-state index in [0.29, 0.717) is 12.1 Å². The first-order valence-corrected chi connectivity index (χ1v) is 7.19. The third kappa shape index (κ3) is 2.15. The number of aromatic nitrogens is 2. The Morgan fingerprint density at radius 1 is 1.42 bits per heavy atom. The van der Waals surface area contributed by atoms with Crippen LogP contribution in [0.25, 0.3) is 11.0 Å². The monoisotopic (exact) mass is 278 g/mol. The number of alkyl halides is 1. The number of aryl methyl sites for hydroxylation is 1. The first-order chi connectivity index (χ1) is 9.10. The molecule has 1 aliphatic carbocycles. The van der Waals surface area contributed by atoms with Crippen molar-refractivity contribution in [1.82, 2.24) is 9.55 Å². The summed E-state index contributed by atoms with van der Waals surface area (Å²) in [6.07, 6.45) is 2.48. The number of hydrogen-bond acceptors (Lipinski definition) is 2. The van der Waals surface area contributed by atoms with Gasteiger partial charge in [0.05, 0.1) is 22.5 Å². The van der Waals surface area contributed by atoms with E-state index in [9.17, 15) is 0 Å². The normalized spacial score (nSPS) is 24.4. The number of halogens is 1. The third-order valence-corrected chi connectivity index (χ3v) is 4.19. The summed E-state index contributed by atoms with van der Waals surface area (Å²) < 4.78 is 7.69. The Kier molecular flexibility index (Phi) is 3.27. The van der Waals surface area contributed by atoms with Gasteiger partial charge in [-0.25, -0.2) is 4.98 Å². The molecule has 1 heterocycles. The van der Waals surface area contributed by atoms with Crippen molar-refractivity contribution in [2.75, 3.05) is 7.11 Å². The van der Waals surface area contributed by atoms with Crippen molar-refractivity contribution < 1.29 is 4.74 Å². The molecule has 3 rings (SSSR count). The molecule has 0 spiro atoms. The highest BCUT2D eigenvalue weighted by molar-refractivity contribution is 6.20. The van der Waals surface area contributed by atoms with Gasteiger partial charge in [0.2, 0.25) is 0 Å². The maximum atomic E-state index is 6.30. The second-order valence-corrected chi connectivity index (χ2v) is 6.09. The molecule has 0 aliphatic heterocycles. The first-order valence-electron chi connectivity index (χ1n) is 6.75. The lowest BCUT2D eigenvalue weighted by atomic mass is 9.88. The summed E-state index contributed by atoms with van der Waals surface area (Å²) in [6, 6.07) is 6.88. The Balaban J connectivity index is 2.07. The van der Waals surface area contributed by atoms with E-state index in [-0.39, 0.29) is 5.38 Å². The summed E-state index contributed by atoms with van der Waals surface area (Å²) in [5, 5.41) is -0.0747. The van der Waals surface area contributed by atoms with E-state index in [1.165, 1.54) is 11.1 Å². The van der Waals surface area contributed by atoms with Gasteiger partial charge in [-0.15, -0.1) is 11.6 Å². The summed E-state index contributed by atoms with van der Waals surface area (Å²) in [4.78, 5) is 4.72. The summed E-state index contributed by atoms with van der Waals surface area (Å²) in [6.45, 7) is 4.07. The second kappa shape index (κ2) is 4.80. The number of fused-ring (bicyclic) bond motifs is 1. The fraction of sp³-hybridized carbons (Fsp3) is 0.533. The summed E-state index contributed by atoms with van der Waals surface area (Å²) in [7, 11) is 1.78. The zero-order valence-corrected chi connectivity index (χ0v) is 12.3. The summed E-state index contributed by atoms with van der Waals surface area (Å²) in [5.41, 5.74) is 3.46. The molecule has 2 aromatic rings.